The predicted octanol–water partition coefficient (Wildman–Crippen LogP) is 1.98. The highest BCUT2D eigenvalue weighted by atomic mass is 35.5. The number of amides is 1. The van der Waals surface area contributed by atoms with Gasteiger partial charge in [-0.1, -0.05) is 23.2 Å². The number of hydrogen-bond acceptors (Lipinski definition) is 4. The molecule has 96 valence electrons. The molecule has 18 heavy (non-hydrogen) atoms. The van der Waals surface area contributed by atoms with E-state index in [9.17, 15) is 4.79 Å². The van der Waals surface area contributed by atoms with Gasteiger partial charge in [0.15, 0.2) is 6.61 Å². The average Bonchev–Trinajstić information content (AvgIpc) is 2.32. The molecule has 0 spiro atoms. The first kappa shape index (κ1) is 14.4. The largest absolute Gasteiger partial charge is 0.482 e. The highest BCUT2D eigenvalue weighted by Crippen LogP contribution is 2.32. The Kier molecular flexibility index (Phi) is 5.56. The van der Waals surface area contributed by atoms with Gasteiger partial charge in [-0.15, -0.1) is 0 Å². The molecule has 0 aliphatic rings. The Labute approximate surface area is 114 Å². The summed E-state index contributed by atoms with van der Waals surface area (Å²) in [5.74, 6) is -0.0458. The van der Waals surface area contributed by atoms with Crippen LogP contribution in [0.15, 0.2) is 12.1 Å². The Hall–Kier alpha value is -1.64. The fourth-order valence-electron chi connectivity index (χ4n) is 1.12. The molecule has 0 saturated carbocycles. The molecule has 0 fully saturated rings. The molecular weight excluding hydrogens is 277 g/mol. The molecule has 1 aromatic rings. The van der Waals surface area contributed by atoms with Crippen molar-refractivity contribution in [3.8, 4) is 11.8 Å². The zero-order chi connectivity index (χ0) is 13.5. The number of anilines is 1. The van der Waals surface area contributed by atoms with E-state index in [1.807, 2.05) is 6.07 Å². The van der Waals surface area contributed by atoms with Crippen LogP contribution in [0.3, 0.4) is 0 Å². The van der Waals surface area contributed by atoms with Crippen LogP contribution in [0.25, 0.3) is 0 Å². The first-order chi connectivity index (χ1) is 8.54. The number of carbonyl (C=O) groups is 1. The van der Waals surface area contributed by atoms with Gasteiger partial charge < -0.3 is 15.8 Å². The van der Waals surface area contributed by atoms with Crippen LogP contribution in [-0.2, 0) is 4.79 Å². The number of nitriles is 1. The lowest BCUT2D eigenvalue weighted by Crippen LogP contribution is -2.29. The average molecular weight is 288 g/mol. The van der Waals surface area contributed by atoms with Crippen molar-refractivity contribution < 1.29 is 9.53 Å². The number of nitrogens with two attached hydrogens (primary N) is 1. The lowest BCUT2D eigenvalue weighted by Gasteiger charge is -2.10. The van der Waals surface area contributed by atoms with Crippen molar-refractivity contribution in [2.24, 2.45) is 0 Å². The smallest absolute Gasteiger partial charge is 0.257 e. The molecule has 1 aromatic carbocycles. The molecule has 0 aliphatic carbocycles. The number of ether oxygens (including phenoxy) is 1. The van der Waals surface area contributed by atoms with Crippen molar-refractivity contribution >= 4 is 34.8 Å². The van der Waals surface area contributed by atoms with Crippen LogP contribution in [0, 0.1) is 11.3 Å². The maximum Gasteiger partial charge on any atom is 0.257 e. The SMILES string of the molecule is N#CCCNC(=O)COc1cc(Cl)c(Cl)cc1N. The molecule has 5 nitrogen and oxygen atoms in total. The molecule has 7 heteroatoms. The van der Waals surface area contributed by atoms with E-state index in [0.717, 1.165) is 0 Å². The van der Waals surface area contributed by atoms with E-state index < -0.39 is 0 Å². The normalized spacial score (nSPS) is 9.61. The number of nitrogen functional groups attached to an aromatic ring is 1. The number of nitrogens with one attached hydrogen (secondary N) is 1. The van der Waals surface area contributed by atoms with Crippen molar-refractivity contribution in [1.82, 2.24) is 5.32 Å². The second kappa shape index (κ2) is 6.94. The van der Waals surface area contributed by atoms with E-state index in [1.54, 1.807) is 0 Å². The fraction of sp³-hybridized carbons (Fsp3) is 0.273. The van der Waals surface area contributed by atoms with E-state index in [-0.39, 0.29) is 25.5 Å². The van der Waals surface area contributed by atoms with Crippen LogP contribution in [0.5, 0.6) is 5.75 Å². The monoisotopic (exact) mass is 287 g/mol. The standard InChI is InChI=1S/C11H11Cl2N3O2/c12-7-4-9(15)10(5-8(7)13)18-6-11(17)16-3-1-2-14/h4-5H,1,3,6,15H2,(H,16,17). The molecule has 0 saturated heterocycles. The number of nitrogens with zero attached hydrogens (tertiary/aromatic N) is 1. The van der Waals surface area contributed by atoms with Crippen molar-refractivity contribution in [3.63, 3.8) is 0 Å². The van der Waals surface area contributed by atoms with Crippen LogP contribution in [0.4, 0.5) is 5.69 Å². The van der Waals surface area contributed by atoms with E-state index in [1.165, 1.54) is 12.1 Å². The molecule has 0 atom stereocenters. The fourth-order valence-corrected chi connectivity index (χ4v) is 1.45. The van der Waals surface area contributed by atoms with E-state index in [2.05, 4.69) is 5.32 Å². The molecule has 0 aromatic heterocycles. The Morgan fingerprint density at radius 1 is 1.44 bits per heavy atom. The van der Waals surface area contributed by atoms with Crippen LogP contribution in [0.1, 0.15) is 6.42 Å². The zero-order valence-corrected chi connectivity index (χ0v) is 10.9. The first-order valence-corrected chi connectivity index (χ1v) is 5.81. The van der Waals surface area contributed by atoms with E-state index in [4.69, 9.17) is 38.9 Å². The minimum atomic E-state index is -0.337. The zero-order valence-electron chi connectivity index (χ0n) is 9.37. The van der Waals surface area contributed by atoms with Gasteiger partial charge in [0, 0.05) is 12.6 Å². The van der Waals surface area contributed by atoms with Crippen molar-refractivity contribution in [3.05, 3.63) is 22.2 Å². The van der Waals surface area contributed by atoms with Gasteiger partial charge in [-0.25, -0.2) is 0 Å². The third kappa shape index (κ3) is 4.32. The third-order valence-electron chi connectivity index (χ3n) is 1.97. The molecular formula is C11H11Cl2N3O2. The van der Waals surface area contributed by atoms with Gasteiger partial charge in [0.1, 0.15) is 5.75 Å². The maximum atomic E-state index is 11.3. The van der Waals surface area contributed by atoms with Gasteiger partial charge in [-0.05, 0) is 6.07 Å². The second-order valence-electron chi connectivity index (χ2n) is 3.35. The number of hydrogen-bond donors (Lipinski definition) is 2. The molecule has 3 N–H and O–H groups in total. The van der Waals surface area contributed by atoms with E-state index in [0.29, 0.717) is 21.5 Å². The van der Waals surface area contributed by atoms with Gasteiger partial charge in [0.05, 0.1) is 28.2 Å². The summed E-state index contributed by atoms with van der Waals surface area (Å²) in [4.78, 5) is 11.3. The predicted molar refractivity (Wildman–Crippen MR) is 69.6 cm³/mol. The number of rotatable bonds is 5. The Morgan fingerprint density at radius 3 is 2.78 bits per heavy atom. The topological polar surface area (TPSA) is 88.1 Å². The number of carbonyl (C=O) groups excluding carboxylic acids is 1. The quantitative estimate of drug-likeness (QED) is 0.640. The summed E-state index contributed by atoms with van der Waals surface area (Å²) >= 11 is 11.6. The third-order valence-corrected chi connectivity index (χ3v) is 2.69. The number of halogens is 2. The van der Waals surface area contributed by atoms with Crippen LogP contribution < -0.4 is 15.8 Å². The van der Waals surface area contributed by atoms with Crippen molar-refractivity contribution in [1.29, 1.82) is 5.26 Å². The van der Waals surface area contributed by atoms with Gasteiger partial charge in [-0.2, -0.15) is 5.26 Å². The second-order valence-corrected chi connectivity index (χ2v) is 4.17. The molecule has 0 aliphatic heterocycles. The maximum absolute atomic E-state index is 11.3. The molecule has 0 heterocycles. The summed E-state index contributed by atoms with van der Waals surface area (Å²) in [6, 6.07) is 4.81. The number of benzene rings is 1. The minimum absolute atomic E-state index is 0.201. The molecule has 0 unspecified atom stereocenters. The minimum Gasteiger partial charge on any atom is -0.482 e. The van der Waals surface area contributed by atoms with E-state index >= 15 is 0 Å². The first-order valence-electron chi connectivity index (χ1n) is 5.05. The Morgan fingerprint density at radius 2 is 2.11 bits per heavy atom. The molecule has 0 bridgehead atoms. The van der Waals surface area contributed by atoms with Crippen LogP contribution in [-0.4, -0.2) is 19.1 Å². The summed E-state index contributed by atoms with van der Waals surface area (Å²) in [5.41, 5.74) is 5.96. The summed E-state index contributed by atoms with van der Waals surface area (Å²) in [6.45, 7) is 0.0864. The van der Waals surface area contributed by atoms with Crippen molar-refractivity contribution in [2.45, 2.75) is 6.42 Å². The van der Waals surface area contributed by atoms with Gasteiger partial charge in [-0.3, -0.25) is 4.79 Å². The van der Waals surface area contributed by atoms with Gasteiger partial charge >= 0.3 is 0 Å². The summed E-state index contributed by atoms with van der Waals surface area (Å²) < 4.78 is 5.20. The van der Waals surface area contributed by atoms with Gasteiger partial charge in [0.2, 0.25) is 0 Å². The van der Waals surface area contributed by atoms with Crippen LogP contribution >= 0.6 is 23.2 Å². The lowest BCUT2D eigenvalue weighted by atomic mass is 10.3. The van der Waals surface area contributed by atoms with Crippen molar-refractivity contribution in [2.75, 3.05) is 18.9 Å². The Balaban J connectivity index is 2.51. The lowest BCUT2D eigenvalue weighted by molar-refractivity contribution is -0.123. The summed E-state index contributed by atoms with van der Waals surface area (Å²) in [7, 11) is 0. The van der Waals surface area contributed by atoms with Gasteiger partial charge in [0.25, 0.3) is 5.91 Å². The molecule has 0 radical (unpaired) electrons. The summed E-state index contributed by atoms with van der Waals surface area (Å²) in [6.07, 6.45) is 0.251. The highest BCUT2D eigenvalue weighted by molar-refractivity contribution is 6.42. The molecule has 1 amide bonds. The Bertz CT molecular complexity index is 486. The summed E-state index contributed by atoms with van der Waals surface area (Å²) in [5, 5.41) is 11.4. The van der Waals surface area contributed by atoms with Crippen LogP contribution in [0.2, 0.25) is 10.0 Å². The molecule has 1 rings (SSSR count). The highest BCUT2D eigenvalue weighted by Gasteiger charge is 2.08.